The molecule has 128 valence electrons. The number of nitrogens with one attached hydrogen (secondary N) is 1. The van der Waals surface area contributed by atoms with Crippen molar-refractivity contribution in [2.75, 3.05) is 13.1 Å². The van der Waals surface area contributed by atoms with Crippen molar-refractivity contribution >= 4 is 6.09 Å². The monoisotopic (exact) mass is 310 g/mol. The van der Waals surface area contributed by atoms with E-state index >= 15 is 0 Å². The summed E-state index contributed by atoms with van der Waals surface area (Å²) in [4.78, 5) is 14.3. The van der Waals surface area contributed by atoms with Crippen molar-refractivity contribution in [1.29, 1.82) is 0 Å². The van der Waals surface area contributed by atoms with Crippen LogP contribution in [0.15, 0.2) is 12.2 Å². The highest BCUT2D eigenvalue weighted by molar-refractivity contribution is 5.68. The topological polar surface area (TPSA) is 41.6 Å². The van der Waals surface area contributed by atoms with Gasteiger partial charge in [0.1, 0.15) is 5.60 Å². The first kappa shape index (κ1) is 19.0. The Morgan fingerprint density at radius 1 is 1.41 bits per heavy atom. The van der Waals surface area contributed by atoms with Crippen LogP contribution >= 0.6 is 0 Å². The summed E-state index contributed by atoms with van der Waals surface area (Å²) in [7, 11) is 0. The average Bonchev–Trinajstić information content (AvgIpc) is 2.42. The molecule has 2 unspecified atom stereocenters. The zero-order valence-corrected chi connectivity index (χ0v) is 15.0. The van der Waals surface area contributed by atoms with Gasteiger partial charge in [-0.15, -0.1) is 0 Å². The summed E-state index contributed by atoms with van der Waals surface area (Å²) in [5.74, 6) is 0. The third kappa shape index (κ3) is 7.30. The number of hydrogen-bond acceptors (Lipinski definition) is 3. The van der Waals surface area contributed by atoms with E-state index in [-0.39, 0.29) is 6.09 Å². The summed E-state index contributed by atoms with van der Waals surface area (Å²) >= 11 is 0. The number of rotatable bonds is 6. The molecule has 4 nitrogen and oxygen atoms in total. The van der Waals surface area contributed by atoms with Crippen LogP contribution in [0.3, 0.4) is 0 Å². The molecule has 1 amide bonds. The first-order chi connectivity index (χ1) is 10.3. The molecule has 0 aromatic carbocycles. The molecule has 0 radical (unpaired) electrons. The highest BCUT2D eigenvalue weighted by Gasteiger charge is 2.31. The highest BCUT2D eigenvalue weighted by atomic mass is 16.6. The van der Waals surface area contributed by atoms with Gasteiger partial charge in [0.2, 0.25) is 0 Å². The van der Waals surface area contributed by atoms with Crippen molar-refractivity contribution in [2.24, 2.45) is 0 Å². The fourth-order valence-corrected chi connectivity index (χ4v) is 2.88. The molecular weight excluding hydrogens is 276 g/mol. The van der Waals surface area contributed by atoms with E-state index in [0.717, 1.165) is 38.8 Å². The third-order valence-corrected chi connectivity index (χ3v) is 3.92. The second-order valence-electron chi connectivity index (χ2n) is 7.27. The lowest BCUT2D eigenvalue weighted by molar-refractivity contribution is 0.00792. The van der Waals surface area contributed by atoms with Crippen LogP contribution in [0.1, 0.15) is 66.7 Å². The normalized spacial score (nSPS) is 21.1. The number of nitrogens with zero attached hydrogens (tertiary/aromatic N) is 1. The van der Waals surface area contributed by atoms with Crippen molar-refractivity contribution in [2.45, 2.75) is 84.4 Å². The van der Waals surface area contributed by atoms with E-state index in [0.29, 0.717) is 12.1 Å². The molecule has 22 heavy (non-hydrogen) atoms. The smallest absolute Gasteiger partial charge is 0.410 e. The molecule has 0 saturated carbocycles. The quantitative estimate of drug-likeness (QED) is 0.593. The Kier molecular flexibility index (Phi) is 7.94. The summed E-state index contributed by atoms with van der Waals surface area (Å²) in [6.45, 7) is 11.8. The Morgan fingerprint density at radius 3 is 2.77 bits per heavy atom. The molecule has 1 aliphatic heterocycles. The fourth-order valence-electron chi connectivity index (χ4n) is 2.88. The Balaban J connectivity index is 2.48. The molecule has 1 aliphatic rings. The van der Waals surface area contributed by atoms with Crippen LogP contribution in [0.5, 0.6) is 0 Å². The number of likely N-dealkylation sites (tertiary alicyclic amines) is 1. The lowest BCUT2D eigenvalue weighted by Gasteiger charge is -2.38. The predicted octanol–water partition coefficient (Wildman–Crippen LogP) is 4.11. The molecule has 0 aromatic rings. The van der Waals surface area contributed by atoms with Gasteiger partial charge in [-0.1, -0.05) is 12.2 Å². The minimum Gasteiger partial charge on any atom is -0.444 e. The lowest BCUT2D eigenvalue weighted by atomic mass is 9.96. The van der Waals surface area contributed by atoms with Crippen LogP contribution in [0.4, 0.5) is 4.79 Å². The van der Waals surface area contributed by atoms with E-state index in [9.17, 15) is 4.79 Å². The number of allylic oxidation sites excluding steroid dienone is 1. The van der Waals surface area contributed by atoms with Gasteiger partial charge in [-0.25, -0.2) is 4.79 Å². The zero-order chi connectivity index (χ0) is 16.6. The molecule has 1 N–H and O–H groups in total. The number of ether oxygens (including phenoxy) is 1. The fraction of sp³-hybridized carbons (Fsp3) is 0.833. The number of hydrogen-bond donors (Lipinski definition) is 1. The minimum absolute atomic E-state index is 0.154. The van der Waals surface area contributed by atoms with Crippen molar-refractivity contribution < 1.29 is 9.53 Å². The largest absolute Gasteiger partial charge is 0.444 e. The summed E-state index contributed by atoms with van der Waals surface area (Å²) in [6, 6.07) is 0.714. The maximum Gasteiger partial charge on any atom is 0.410 e. The zero-order valence-electron chi connectivity index (χ0n) is 15.0. The summed E-state index contributed by atoms with van der Waals surface area (Å²) in [6.07, 6.45) is 9.52. The number of carbonyl (C=O) groups is 1. The molecular formula is C18H34N2O2. The van der Waals surface area contributed by atoms with Gasteiger partial charge in [0.05, 0.1) is 0 Å². The Morgan fingerprint density at radius 2 is 2.14 bits per heavy atom. The van der Waals surface area contributed by atoms with E-state index in [2.05, 4.69) is 24.4 Å². The van der Waals surface area contributed by atoms with Crippen LogP contribution in [0.25, 0.3) is 0 Å². The van der Waals surface area contributed by atoms with Gasteiger partial charge in [0.25, 0.3) is 0 Å². The van der Waals surface area contributed by atoms with E-state index in [1.807, 2.05) is 32.6 Å². The van der Waals surface area contributed by atoms with Crippen LogP contribution in [-0.2, 0) is 4.74 Å². The summed E-state index contributed by atoms with van der Waals surface area (Å²) in [5, 5.41) is 3.54. The number of carbonyl (C=O) groups excluding carboxylic acids is 1. The second kappa shape index (κ2) is 9.19. The van der Waals surface area contributed by atoms with Crippen LogP contribution in [0, 0.1) is 0 Å². The summed E-state index contributed by atoms with van der Waals surface area (Å²) < 4.78 is 5.56. The molecule has 0 bridgehead atoms. The van der Waals surface area contributed by atoms with Gasteiger partial charge in [-0.05, 0) is 73.3 Å². The minimum atomic E-state index is -0.421. The van der Waals surface area contributed by atoms with E-state index in [1.54, 1.807) is 0 Å². The average molecular weight is 310 g/mol. The van der Waals surface area contributed by atoms with E-state index < -0.39 is 5.60 Å². The summed E-state index contributed by atoms with van der Waals surface area (Å²) in [5.41, 5.74) is -0.421. The molecule has 0 spiro atoms. The highest BCUT2D eigenvalue weighted by Crippen LogP contribution is 2.23. The van der Waals surface area contributed by atoms with Crippen LogP contribution in [0.2, 0.25) is 0 Å². The lowest BCUT2D eigenvalue weighted by Crippen LogP contribution is -2.48. The van der Waals surface area contributed by atoms with Gasteiger partial charge in [-0.3, -0.25) is 0 Å². The Labute approximate surface area is 136 Å². The first-order valence-corrected chi connectivity index (χ1v) is 8.67. The first-order valence-electron chi connectivity index (χ1n) is 8.67. The van der Waals surface area contributed by atoms with E-state index in [4.69, 9.17) is 4.74 Å². The molecule has 0 aliphatic carbocycles. The molecule has 2 atom stereocenters. The van der Waals surface area contributed by atoms with E-state index in [1.165, 1.54) is 6.42 Å². The van der Waals surface area contributed by atoms with Crippen molar-refractivity contribution in [3.8, 4) is 0 Å². The SMILES string of the molecule is C/C=C/CCNC(C)CC1CCCCN1C(=O)OC(C)(C)C. The van der Waals surface area contributed by atoms with Gasteiger partial charge < -0.3 is 15.0 Å². The molecule has 1 saturated heterocycles. The van der Waals surface area contributed by atoms with Gasteiger partial charge in [0, 0.05) is 18.6 Å². The van der Waals surface area contributed by atoms with Crippen molar-refractivity contribution in [1.82, 2.24) is 10.2 Å². The van der Waals surface area contributed by atoms with Crippen LogP contribution in [-0.4, -0.2) is 41.8 Å². The Hall–Kier alpha value is -1.03. The third-order valence-electron chi connectivity index (χ3n) is 3.92. The van der Waals surface area contributed by atoms with Gasteiger partial charge in [-0.2, -0.15) is 0 Å². The maximum absolute atomic E-state index is 12.4. The molecule has 4 heteroatoms. The number of piperidine rings is 1. The van der Waals surface area contributed by atoms with Crippen LogP contribution < -0.4 is 5.32 Å². The Bertz CT molecular complexity index is 361. The van der Waals surface area contributed by atoms with Crippen molar-refractivity contribution in [3.05, 3.63) is 12.2 Å². The maximum atomic E-state index is 12.4. The second-order valence-corrected chi connectivity index (χ2v) is 7.27. The van der Waals surface area contributed by atoms with Gasteiger partial charge >= 0.3 is 6.09 Å². The molecule has 0 aromatic heterocycles. The molecule has 1 rings (SSSR count). The standard InChI is InChI=1S/C18H34N2O2/c1-6-7-9-12-19-15(2)14-16-11-8-10-13-20(16)17(21)22-18(3,4)5/h6-7,15-16,19H,8-14H2,1-5H3/b7-6+. The van der Waals surface area contributed by atoms with Gasteiger partial charge in [0.15, 0.2) is 0 Å². The predicted molar refractivity (Wildman–Crippen MR) is 92.1 cm³/mol. The number of amides is 1. The van der Waals surface area contributed by atoms with Crippen molar-refractivity contribution in [3.63, 3.8) is 0 Å². The molecule has 1 heterocycles. The molecule has 1 fully saturated rings.